The minimum absolute atomic E-state index is 0.0619. The number of aryl methyl sites for hydroxylation is 2. The molecule has 0 aromatic heterocycles. The average Bonchev–Trinajstić information content (AvgIpc) is 2.47. The van der Waals surface area contributed by atoms with Gasteiger partial charge in [0.15, 0.2) is 0 Å². The molecule has 1 aromatic rings. The molecule has 1 heterocycles. The number of carbonyl (C=O) groups is 2. The maximum atomic E-state index is 12.5. The van der Waals surface area contributed by atoms with E-state index in [1.165, 1.54) is 0 Å². The standard InChI is InChI=1S/C17H23NO3/c1-4-21-17(20)14-7-9-18(10-8-14)16(19)15-6-5-12(2)11-13(15)3/h5-6,11,14H,4,7-10H2,1-3H3. The Morgan fingerprint density at radius 3 is 2.48 bits per heavy atom. The Morgan fingerprint density at radius 1 is 1.24 bits per heavy atom. The second-order valence-corrected chi connectivity index (χ2v) is 5.64. The molecule has 1 aliphatic heterocycles. The summed E-state index contributed by atoms with van der Waals surface area (Å²) in [6.45, 7) is 7.46. The first-order valence-electron chi connectivity index (χ1n) is 7.56. The molecule has 21 heavy (non-hydrogen) atoms. The number of ether oxygens (including phenoxy) is 1. The molecule has 1 fully saturated rings. The number of esters is 1. The fourth-order valence-corrected chi connectivity index (χ4v) is 2.80. The molecular weight excluding hydrogens is 266 g/mol. The van der Waals surface area contributed by atoms with Gasteiger partial charge in [-0.15, -0.1) is 0 Å². The van der Waals surface area contributed by atoms with Gasteiger partial charge in [-0.1, -0.05) is 17.7 Å². The topological polar surface area (TPSA) is 46.6 Å². The quantitative estimate of drug-likeness (QED) is 0.804. The smallest absolute Gasteiger partial charge is 0.309 e. The first-order chi connectivity index (χ1) is 10.0. The third-order valence-corrected chi connectivity index (χ3v) is 4.01. The van der Waals surface area contributed by atoms with Crippen LogP contribution in [0.1, 0.15) is 41.3 Å². The number of benzene rings is 1. The number of carbonyl (C=O) groups excluding carboxylic acids is 2. The number of piperidine rings is 1. The van der Waals surface area contributed by atoms with Gasteiger partial charge in [-0.25, -0.2) is 0 Å². The predicted octanol–water partition coefficient (Wildman–Crippen LogP) is 2.72. The highest BCUT2D eigenvalue weighted by molar-refractivity contribution is 5.95. The van der Waals surface area contributed by atoms with Crippen LogP contribution in [0.4, 0.5) is 0 Å². The van der Waals surface area contributed by atoms with Gasteiger partial charge in [-0.2, -0.15) is 0 Å². The summed E-state index contributed by atoms with van der Waals surface area (Å²) in [5.74, 6) is -0.126. The second kappa shape index (κ2) is 6.74. The van der Waals surface area contributed by atoms with E-state index in [0.29, 0.717) is 32.5 Å². The summed E-state index contributed by atoms with van der Waals surface area (Å²) < 4.78 is 5.05. The van der Waals surface area contributed by atoms with Gasteiger partial charge in [0.2, 0.25) is 0 Å². The van der Waals surface area contributed by atoms with Crippen molar-refractivity contribution >= 4 is 11.9 Å². The first-order valence-corrected chi connectivity index (χ1v) is 7.56. The fourth-order valence-electron chi connectivity index (χ4n) is 2.80. The summed E-state index contributed by atoms with van der Waals surface area (Å²) in [7, 11) is 0. The molecule has 1 aromatic carbocycles. The maximum Gasteiger partial charge on any atom is 0.309 e. The summed E-state index contributed by atoms with van der Waals surface area (Å²) in [4.78, 5) is 26.1. The molecular formula is C17H23NO3. The monoisotopic (exact) mass is 289 g/mol. The van der Waals surface area contributed by atoms with Crippen LogP contribution in [-0.2, 0) is 9.53 Å². The second-order valence-electron chi connectivity index (χ2n) is 5.64. The third kappa shape index (κ3) is 3.63. The van der Waals surface area contributed by atoms with Gasteiger partial charge in [-0.05, 0) is 45.2 Å². The van der Waals surface area contributed by atoms with Crippen molar-refractivity contribution in [2.75, 3.05) is 19.7 Å². The van der Waals surface area contributed by atoms with Crippen LogP contribution in [-0.4, -0.2) is 36.5 Å². The highest BCUT2D eigenvalue weighted by Gasteiger charge is 2.28. The minimum atomic E-state index is -0.129. The zero-order chi connectivity index (χ0) is 15.4. The Balaban J connectivity index is 1.98. The van der Waals surface area contributed by atoms with Crippen molar-refractivity contribution in [2.24, 2.45) is 5.92 Å². The molecule has 4 nitrogen and oxygen atoms in total. The summed E-state index contributed by atoms with van der Waals surface area (Å²) >= 11 is 0. The molecule has 0 unspecified atom stereocenters. The van der Waals surface area contributed by atoms with Crippen molar-refractivity contribution in [1.82, 2.24) is 4.90 Å². The SMILES string of the molecule is CCOC(=O)C1CCN(C(=O)c2ccc(C)cc2C)CC1. The minimum Gasteiger partial charge on any atom is -0.466 e. The van der Waals surface area contributed by atoms with Crippen molar-refractivity contribution in [2.45, 2.75) is 33.6 Å². The van der Waals surface area contributed by atoms with E-state index >= 15 is 0 Å². The zero-order valence-electron chi connectivity index (χ0n) is 13.0. The van der Waals surface area contributed by atoms with Crippen LogP contribution in [0.15, 0.2) is 18.2 Å². The zero-order valence-corrected chi connectivity index (χ0v) is 13.0. The molecule has 0 aliphatic carbocycles. The molecule has 0 radical (unpaired) electrons. The summed E-state index contributed by atoms with van der Waals surface area (Å²) in [6, 6.07) is 5.88. The van der Waals surface area contributed by atoms with Crippen molar-refractivity contribution in [3.05, 3.63) is 34.9 Å². The van der Waals surface area contributed by atoms with E-state index in [-0.39, 0.29) is 17.8 Å². The van der Waals surface area contributed by atoms with Crippen LogP contribution in [0, 0.1) is 19.8 Å². The van der Waals surface area contributed by atoms with E-state index in [1.807, 2.05) is 43.9 Å². The molecule has 0 saturated carbocycles. The van der Waals surface area contributed by atoms with Crippen LogP contribution in [0.3, 0.4) is 0 Å². The van der Waals surface area contributed by atoms with Crippen molar-refractivity contribution < 1.29 is 14.3 Å². The molecule has 1 saturated heterocycles. The molecule has 0 bridgehead atoms. The predicted molar refractivity (Wildman–Crippen MR) is 81.2 cm³/mol. The van der Waals surface area contributed by atoms with Gasteiger partial charge in [0.05, 0.1) is 12.5 Å². The fraction of sp³-hybridized carbons (Fsp3) is 0.529. The van der Waals surface area contributed by atoms with Crippen molar-refractivity contribution in [3.8, 4) is 0 Å². The van der Waals surface area contributed by atoms with Crippen LogP contribution in [0.25, 0.3) is 0 Å². The van der Waals surface area contributed by atoms with Gasteiger partial charge in [0, 0.05) is 18.7 Å². The summed E-state index contributed by atoms with van der Waals surface area (Å²) in [6.07, 6.45) is 1.38. The van der Waals surface area contributed by atoms with E-state index in [2.05, 4.69) is 0 Å². The van der Waals surface area contributed by atoms with Crippen LogP contribution >= 0.6 is 0 Å². The van der Waals surface area contributed by atoms with Crippen molar-refractivity contribution in [3.63, 3.8) is 0 Å². The van der Waals surface area contributed by atoms with Gasteiger partial charge in [0.1, 0.15) is 0 Å². The number of hydrogen-bond donors (Lipinski definition) is 0. The Bertz CT molecular complexity index is 531. The molecule has 114 valence electrons. The van der Waals surface area contributed by atoms with Gasteiger partial charge < -0.3 is 9.64 Å². The molecule has 1 aliphatic rings. The Morgan fingerprint density at radius 2 is 1.90 bits per heavy atom. The molecule has 0 spiro atoms. The Hall–Kier alpha value is -1.84. The average molecular weight is 289 g/mol. The summed E-state index contributed by atoms with van der Waals surface area (Å²) in [5.41, 5.74) is 2.92. The maximum absolute atomic E-state index is 12.5. The molecule has 2 rings (SSSR count). The highest BCUT2D eigenvalue weighted by atomic mass is 16.5. The molecule has 1 amide bonds. The number of amides is 1. The lowest BCUT2D eigenvalue weighted by Crippen LogP contribution is -2.40. The van der Waals surface area contributed by atoms with Gasteiger partial charge in [-0.3, -0.25) is 9.59 Å². The lowest BCUT2D eigenvalue weighted by atomic mass is 9.96. The normalized spacial score (nSPS) is 15.9. The van der Waals surface area contributed by atoms with Crippen LogP contribution in [0.5, 0.6) is 0 Å². The van der Waals surface area contributed by atoms with Crippen LogP contribution in [0.2, 0.25) is 0 Å². The lowest BCUT2D eigenvalue weighted by Gasteiger charge is -2.31. The van der Waals surface area contributed by atoms with E-state index < -0.39 is 0 Å². The van der Waals surface area contributed by atoms with E-state index in [0.717, 1.165) is 16.7 Å². The van der Waals surface area contributed by atoms with Gasteiger partial charge in [0.25, 0.3) is 5.91 Å². The molecule has 0 atom stereocenters. The summed E-state index contributed by atoms with van der Waals surface area (Å²) in [5, 5.41) is 0. The lowest BCUT2D eigenvalue weighted by molar-refractivity contribution is -0.149. The van der Waals surface area contributed by atoms with E-state index in [1.54, 1.807) is 0 Å². The Labute approximate surface area is 126 Å². The van der Waals surface area contributed by atoms with E-state index in [4.69, 9.17) is 4.74 Å². The highest BCUT2D eigenvalue weighted by Crippen LogP contribution is 2.21. The largest absolute Gasteiger partial charge is 0.466 e. The van der Waals surface area contributed by atoms with Crippen molar-refractivity contribution in [1.29, 1.82) is 0 Å². The number of hydrogen-bond acceptors (Lipinski definition) is 3. The van der Waals surface area contributed by atoms with E-state index in [9.17, 15) is 9.59 Å². The number of rotatable bonds is 3. The first kappa shape index (κ1) is 15.5. The molecule has 0 N–H and O–H groups in total. The van der Waals surface area contributed by atoms with Gasteiger partial charge >= 0.3 is 5.97 Å². The molecule has 4 heteroatoms. The number of nitrogens with zero attached hydrogens (tertiary/aromatic N) is 1. The Kier molecular flexibility index (Phi) is 4.99. The van der Waals surface area contributed by atoms with Crippen LogP contribution < -0.4 is 0 Å². The number of likely N-dealkylation sites (tertiary alicyclic amines) is 1. The third-order valence-electron chi connectivity index (χ3n) is 4.01.